The van der Waals surface area contributed by atoms with E-state index in [1.807, 2.05) is 6.20 Å². The molecule has 1 aromatic heterocycles. The van der Waals surface area contributed by atoms with Crippen LogP contribution in [-0.2, 0) is 25.7 Å². The quantitative estimate of drug-likeness (QED) is 0.902. The number of nitrogens with one attached hydrogen (secondary N) is 1. The molecule has 0 aliphatic rings. The predicted molar refractivity (Wildman–Crippen MR) is 73.5 cm³/mol. The van der Waals surface area contributed by atoms with Gasteiger partial charge in [0.05, 0.1) is 5.56 Å². The number of nitrogens with zero attached hydrogens (tertiary/aromatic N) is 1. The second kappa shape index (κ2) is 6.37. The Hall–Kier alpha value is -1.40. The van der Waals surface area contributed by atoms with Crippen LogP contribution in [0.1, 0.15) is 27.9 Å². The molecule has 1 N–H and O–H groups in total. The Kier molecular flexibility index (Phi) is 4.77. The van der Waals surface area contributed by atoms with Crippen molar-refractivity contribution in [1.29, 1.82) is 0 Å². The van der Waals surface area contributed by atoms with Gasteiger partial charge in [-0.3, -0.25) is 0 Å². The lowest BCUT2D eigenvalue weighted by molar-refractivity contribution is -0.137. The molecule has 6 heteroatoms. The van der Waals surface area contributed by atoms with Gasteiger partial charge in [-0.25, -0.2) is 4.98 Å². The van der Waals surface area contributed by atoms with Crippen molar-refractivity contribution < 1.29 is 13.2 Å². The first kappa shape index (κ1) is 15.0. The third kappa shape index (κ3) is 4.05. The fourth-order valence-electron chi connectivity index (χ4n) is 1.72. The van der Waals surface area contributed by atoms with Crippen molar-refractivity contribution in [3.63, 3.8) is 0 Å². The monoisotopic (exact) mass is 300 g/mol. The van der Waals surface area contributed by atoms with E-state index < -0.39 is 11.7 Å². The molecule has 20 heavy (non-hydrogen) atoms. The Morgan fingerprint density at radius 2 is 1.85 bits per heavy atom. The van der Waals surface area contributed by atoms with Crippen molar-refractivity contribution in [3.05, 3.63) is 51.5 Å². The molecule has 0 bridgehead atoms. The minimum absolute atomic E-state index is 0.527. The van der Waals surface area contributed by atoms with Gasteiger partial charge >= 0.3 is 6.18 Å². The molecule has 2 rings (SSSR count). The molecular formula is C14H15F3N2S. The summed E-state index contributed by atoms with van der Waals surface area (Å²) in [6.45, 7) is 3.23. The van der Waals surface area contributed by atoms with Crippen LogP contribution in [0, 0.1) is 0 Å². The first-order valence-corrected chi connectivity index (χ1v) is 7.11. The maximum atomic E-state index is 12.4. The van der Waals surface area contributed by atoms with Crippen LogP contribution < -0.4 is 5.32 Å². The highest BCUT2D eigenvalue weighted by atomic mass is 32.1. The van der Waals surface area contributed by atoms with Crippen LogP contribution in [0.5, 0.6) is 0 Å². The summed E-state index contributed by atoms with van der Waals surface area (Å²) in [7, 11) is 0. The zero-order valence-electron chi connectivity index (χ0n) is 11.0. The zero-order valence-corrected chi connectivity index (χ0v) is 11.8. The first-order valence-electron chi connectivity index (χ1n) is 6.29. The Morgan fingerprint density at radius 3 is 2.40 bits per heavy atom. The smallest absolute Gasteiger partial charge is 0.306 e. The number of hydrogen-bond acceptors (Lipinski definition) is 3. The summed E-state index contributed by atoms with van der Waals surface area (Å²) < 4.78 is 37.2. The maximum absolute atomic E-state index is 12.4. The molecule has 108 valence electrons. The van der Waals surface area contributed by atoms with Crippen LogP contribution in [0.2, 0.25) is 0 Å². The number of rotatable bonds is 5. The number of aromatic nitrogens is 1. The third-order valence-corrected chi connectivity index (χ3v) is 3.98. The van der Waals surface area contributed by atoms with E-state index in [-0.39, 0.29) is 0 Å². The second-order valence-corrected chi connectivity index (χ2v) is 5.57. The van der Waals surface area contributed by atoms with Crippen LogP contribution in [0.4, 0.5) is 13.2 Å². The Bertz CT molecular complexity index is 546. The molecule has 0 radical (unpaired) electrons. The lowest BCUT2D eigenvalue weighted by atomic mass is 10.1. The third-order valence-electron chi connectivity index (χ3n) is 2.84. The SMILES string of the molecule is CCc1cnc(CNCc2ccc(C(F)(F)F)cc2)s1. The van der Waals surface area contributed by atoms with E-state index in [0.29, 0.717) is 13.1 Å². The van der Waals surface area contributed by atoms with Gasteiger partial charge in [0.1, 0.15) is 5.01 Å². The average Bonchev–Trinajstić information content (AvgIpc) is 2.86. The molecule has 2 aromatic rings. The van der Waals surface area contributed by atoms with E-state index in [1.54, 1.807) is 11.3 Å². The van der Waals surface area contributed by atoms with E-state index in [0.717, 1.165) is 29.1 Å². The Morgan fingerprint density at radius 1 is 1.15 bits per heavy atom. The van der Waals surface area contributed by atoms with Gasteiger partial charge in [-0.15, -0.1) is 11.3 Å². The molecule has 0 atom stereocenters. The number of thiazole rings is 1. The molecule has 0 aliphatic heterocycles. The van der Waals surface area contributed by atoms with Crippen molar-refractivity contribution in [1.82, 2.24) is 10.3 Å². The summed E-state index contributed by atoms with van der Waals surface area (Å²) in [5, 5.41) is 4.17. The van der Waals surface area contributed by atoms with Crippen LogP contribution in [0.25, 0.3) is 0 Å². The predicted octanol–water partition coefficient (Wildman–Crippen LogP) is 4.01. The minimum Gasteiger partial charge on any atom is -0.306 e. The Balaban J connectivity index is 1.85. The topological polar surface area (TPSA) is 24.9 Å². The maximum Gasteiger partial charge on any atom is 0.416 e. The zero-order chi connectivity index (χ0) is 14.6. The number of aryl methyl sites for hydroxylation is 1. The summed E-state index contributed by atoms with van der Waals surface area (Å²) in [5.74, 6) is 0. The number of benzene rings is 1. The van der Waals surface area contributed by atoms with Gasteiger partial charge in [0.25, 0.3) is 0 Å². The summed E-state index contributed by atoms with van der Waals surface area (Å²) in [4.78, 5) is 5.50. The van der Waals surface area contributed by atoms with E-state index in [4.69, 9.17) is 0 Å². The summed E-state index contributed by atoms with van der Waals surface area (Å²) in [6.07, 6.45) is -1.44. The number of hydrogen-bond donors (Lipinski definition) is 1. The van der Waals surface area contributed by atoms with Gasteiger partial charge in [-0.2, -0.15) is 13.2 Å². The molecule has 2 nitrogen and oxygen atoms in total. The van der Waals surface area contributed by atoms with Gasteiger partial charge in [0.2, 0.25) is 0 Å². The van der Waals surface area contributed by atoms with E-state index >= 15 is 0 Å². The van der Waals surface area contributed by atoms with Crippen LogP contribution >= 0.6 is 11.3 Å². The molecule has 0 spiro atoms. The van der Waals surface area contributed by atoms with Gasteiger partial charge in [0.15, 0.2) is 0 Å². The fraction of sp³-hybridized carbons (Fsp3) is 0.357. The number of alkyl halides is 3. The van der Waals surface area contributed by atoms with Gasteiger partial charge < -0.3 is 5.32 Å². The minimum atomic E-state index is -4.27. The molecule has 0 amide bonds. The molecule has 0 saturated carbocycles. The molecule has 1 aromatic carbocycles. The largest absolute Gasteiger partial charge is 0.416 e. The number of halogens is 3. The second-order valence-electron chi connectivity index (χ2n) is 4.37. The molecule has 0 unspecified atom stereocenters. The van der Waals surface area contributed by atoms with Crippen LogP contribution in [0.15, 0.2) is 30.5 Å². The van der Waals surface area contributed by atoms with Crippen molar-refractivity contribution in [2.75, 3.05) is 0 Å². The normalized spacial score (nSPS) is 11.8. The molecule has 0 saturated heterocycles. The van der Waals surface area contributed by atoms with Gasteiger partial charge in [-0.1, -0.05) is 19.1 Å². The molecule has 0 aliphatic carbocycles. The van der Waals surface area contributed by atoms with E-state index in [9.17, 15) is 13.2 Å². The molecule has 0 fully saturated rings. The summed E-state index contributed by atoms with van der Waals surface area (Å²) >= 11 is 1.65. The molecule has 1 heterocycles. The van der Waals surface area contributed by atoms with Crippen LogP contribution in [0.3, 0.4) is 0 Å². The van der Waals surface area contributed by atoms with Crippen LogP contribution in [-0.4, -0.2) is 4.98 Å². The van der Waals surface area contributed by atoms with Crippen molar-refractivity contribution in [2.45, 2.75) is 32.6 Å². The summed E-state index contributed by atoms with van der Waals surface area (Å²) in [6, 6.07) is 5.20. The fourth-order valence-corrected chi connectivity index (χ4v) is 2.55. The highest BCUT2D eigenvalue weighted by molar-refractivity contribution is 7.11. The van der Waals surface area contributed by atoms with Gasteiger partial charge in [-0.05, 0) is 24.1 Å². The lowest BCUT2D eigenvalue weighted by Gasteiger charge is -2.08. The van der Waals surface area contributed by atoms with Gasteiger partial charge in [0, 0.05) is 24.2 Å². The summed E-state index contributed by atoms with van der Waals surface area (Å²) in [5.41, 5.74) is 0.207. The van der Waals surface area contributed by atoms with E-state index in [1.165, 1.54) is 17.0 Å². The highest BCUT2D eigenvalue weighted by Gasteiger charge is 2.29. The Labute approximate surface area is 119 Å². The highest BCUT2D eigenvalue weighted by Crippen LogP contribution is 2.29. The molecular weight excluding hydrogens is 285 g/mol. The average molecular weight is 300 g/mol. The van der Waals surface area contributed by atoms with E-state index in [2.05, 4.69) is 17.2 Å². The first-order chi connectivity index (χ1) is 9.49. The van der Waals surface area contributed by atoms with Crippen molar-refractivity contribution in [3.8, 4) is 0 Å². The standard InChI is InChI=1S/C14H15F3N2S/c1-2-12-8-19-13(20-12)9-18-7-10-3-5-11(6-4-10)14(15,16)17/h3-6,8,18H,2,7,9H2,1H3. The lowest BCUT2D eigenvalue weighted by Crippen LogP contribution is -2.12. The van der Waals surface area contributed by atoms with Crippen molar-refractivity contribution >= 4 is 11.3 Å². The van der Waals surface area contributed by atoms with Crippen molar-refractivity contribution in [2.24, 2.45) is 0 Å².